The summed E-state index contributed by atoms with van der Waals surface area (Å²) in [7, 11) is 0. The zero-order valence-corrected chi connectivity index (χ0v) is 21.5. The molecule has 194 valence electrons. The molecule has 2 amide bonds. The van der Waals surface area contributed by atoms with Crippen LogP contribution in [-0.4, -0.2) is 56.9 Å². The number of piperidine rings is 1. The molecule has 1 aliphatic rings. The minimum absolute atomic E-state index is 0.186. The number of benzene rings is 1. The summed E-state index contributed by atoms with van der Waals surface area (Å²) in [6, 6.07) is 12.5. The zero-order chi connectivity index (χ0) is 25.8. The van der Waals surface area contributed by atoms with Crippen LogP contribution in [0.15, 0.2) is 53.2 Å². The fourth-order valence-electron chi connectivity index (χ4n) is 4.24. The van der Waals surface area contributed by atoms with Crippen LogP contribution in [0.4, 0.5) is 16.3 Å². The summed E-state index contributed by atoms with van der Waals surface area (Å²) in [5, 5.41) is 14.0. The summed E-state index contributed by atoms with van der Waals surface area (Å²) in [6.45, 7) is 9.90. The summed E-state index contributed by atoms with van der Waals surface area (Å²) >= 11 is 0. The van der Waals surface area contributed by atoms with E-state index in [0.29, 0.717) is 35.4 Å². The molecule has 4 heterocycles. The van der Waals surface area contributed by atoms with Gasteiger partial charge in [0.15, 0.2) is 11.5 Å². The number of rotatable bonds is 7. The van der Waals surface area contributed by atoms with Crippen molar-refractivity contribution in [1.29, 1.82) is 0 Å². The number of carbonyl (C=O) groups excluding carboxylic acids is 1. The molecule has 0 atom stereocenters. The van der Waals surface area contributed by atoms with Gasteiger partial charge in [-0.25, -0.2) is 9.31 Å². The number of ether oxygens (including phenoxy) is 1. The molecule has 4 aromatic rings. The number of anilines is 2. The molecule has 0 saturated carbocycles. The lowest BCUT2D eigenvalue weighted by Crippen LogP contribution is -2.33. The number of fused-ring (bicyclic) bond motifs is 1. The first-order chi connectivity index (χ1) is 17.8. The normalized spacial score (nSPS) is 14.6. The second kappa shape index (κ2) is 10.6. The van der Waals surface area contributed by atoms with Crippen LogP contribution in [0.25, 0.3) is 16.9 Å². The van der Waals surface area contributed by atoms with Gasteiger partial charge in [0.1, 0.15) is 12.4 Å². The van der Waals surface area contributed by atoms with Gasteiger partial charge in [-0.2, -0.15) is 10.1 Å². The molecule has 37 heavy (non-hydrogen) atoms. The Morgan fingerprint density at radius 3 is 2.57 bits per heavy atom. The van der Waals surface area contributed by atoms with Crippen molar-refractivity contribution in [3.8, 4) is 17.1 Å². The number of carbonyl (C=O) groups is 1. The van der Waals surface area contributed by atoms with Gasteiger partial charge in [-0.15, -0.1) is 0 Å². The van der Waals surface area contributed by atoms with Crippen LogP contribution >= 0.6 is 0 Å². The Labute approximate surface area is 216 Å². The summed E-state index contributed by atoms with van der Waals surface area (Å²) in [5.74, 6) is 1.67. The molecule has 10 nitrogen and oxygen atoms in total. The first-order valence-corrected chi connectivity index (χ1v) is 12.7. The van der Waals surface area contributed by atoms with Crippen LogP contribution in [0.1, 0.15) is 45.8 Å². The maximum atomic E-state index is 12.4. The van der Waals surface area contributed by atoms with Crippen molar-refractivity contribution in [2.45, 2.75) is 45.4 Å². The summed E-state index contributed by atoms with van der Waals surface area (Å²) in [5.41, 5.74) is 2.87. The first kappa shape index (κ1) is 24.8. The molecule has 0 bridgehead atoms. The number of hydrogen-bond donors (Lipinski definition) is 2. The number of nitrogens with one attached hydrogen (secondary N) is 2. The quantitative estimate of drug-likeness (QED) is 0.357. The van der Waals surface area contributed by atoms with Gasteiger partial charge in [0.05, 0.1) is 5.69 Å². The Morgan fingerprint density at radius 1 is 1.05 bits per heavy atom. The van der Waals surface area contributed by atoms with E-state index < -0.39 is 6.03 Å². The Bertz CT molecular complexity index is 1350. The topological polar surface area (TPSA) is 110 Å². The molecule has 0 spiro atoms. The number of nitrogens with zero attached hydrogens (tertiary/aromatic N) is 5. The lowest BCUT2D eigenvalue weighted by atomic mass is 9.93. The Kier molecular flexibility index (Phi) is 7.09. The van der Waals surface area contributed by atoms with E-state index in [1.165, 1.54) is 19.3 Å². The molecule has 1 fully saturated rings. The lowest BCUT2D eigenvalue weighted by molar-refractivity contribution is 0.180. The first-order valence-electron chi connectivity index (χ1n) is 12.7. The average molecular weight is 504 g/mol. The van der Waals surface area contributed by atoms with E-state index in [9.17, 15) is 4.79 Å². The summed E-state index contributed by atoms with van der Waals surface area (Å²) in [4.78, 5) is 19.4. The van der Waals surface area contributed by atoms with Crippen LogP contribution in [0.5, 0.6) is 5.88 Å². The van der Waals surface area contributed by atoms with Gasteiger partial charge in [0, 0.05) is 47.6 Å². The van der Waals surface area contributed by atoms with Crippen LogP contribution in [0.3, 0.4) is 0 Å². The number of likely N-dealkylation sites (tertiary alicyclic amines) is 1. The van der Waals surface area contributed by atoms with E-state index in [1.54, 1.807) is 10.6 Å². The average Bonchev–Trinajstić information content (AvgIpc) is 3.52. The molecular weight excluding hydrogens is 470 g/mol. The minimum atomic E-state index is -0.397. The van der Waals surface area contributed by atoms with Crippen molar-refractivity contribution in [3.63, 3.8) is 0 Å². The minimum Gasteiger partial charge on any atom is -0.476 e. The molecule has 10 heteroatoms. The molecular formula is C27H33N7O3. The Hall–Kier alpha value is -3.92. The van der Waals surface area contributed by atoms with Crippen LogP contribution in [-0.2, 0) is 5.41 Å². The third-order valence-corrected chi connectivity index (χ3v) is 6.33. The van der Waals surface area contributed by atoms with Gasteiger partial charge < -0.3 is 14.6 Å². The van der Waals surface area contributed by atoms with Crippen LogP contribution < -0.4 is 15.4 Å². The molecule has 0 radical (unpaired) electrons. The highest BCUT2D eigenvalue weighted by molar-refractivity contribution is 5.99. The number of aromatic nitrogens is 4. The molecule has 3 aromatic heterocycles. The molecule has 1 aromatic carbocycles. The smallest absolute Gasteiger partial charge is 0.324 e. The van der Waals surface area contributed by atoms with Crippen molar-refractivity contribution in [2.75, 3.05) is 36.9 Å². The molecule has 5 rings (SSSR count). The predicted octanol–water partition coefficient (Wildman–Crippen LogP) is 5.19. The third kappa shape index (κ3) is 6.26. The second-order valence-corrected chi connectivity index (χ2v) is 10.3. The zero-order valence-electron chi connectivity index (χ0n) is 21.5. The van der Waals surface area contributed by atoms with Crippen molar-refractivity contribution < 1.29 is 14.1 Å². The summed E-state index contributed by atoms with van der Waals surface area (Å²) in [6.07, 6.45) is 5.73. The van der Waals surface area contributed by atoms with E-state index in [-0.39, 0.29) is 5.41 Å². The molecule has 1 aliphatic heterocycles. The van der Waals surface area contributed by atoms with Gasteiger partial charge in [-0.3, -0.25) is 10.2 Å². The Morgan fingerprint density at radius 2 is 1.84 bits per heavy atom. The van der Waals surface area contributed by atoms with E-state index in [4.69, 9.17) is 9.26 Å². The van der Waals surface area contributed by atoms with E-state index >= 15 is 0 Å². The highest BCUT2D eigenvalue weighted by Crippen LogP contribution is 2.25. The van der Waals surface area contributed by atoms with Crippen molar-refractivity contribution in [1.82, 2.24) is 24.7 Å². The van der Waals surface area contributed by atoms with Crippen molar-refractivity contribution >= 4 is 23.2 Å². The van der Waals surface area contributed by atoms with E-state index in [2.05, 4.69) is 30.8 Å². The second-order valence-electron chi connectivity index (χ2n) is 10.3. The van der Waals surface area contributed by atoms with Crippen LogP contribution in [0, 0.1) is 0 Å². The summed E-state index contributed by atoms with van der Waals surface area (Å²) < 4.78 is 12.9. The maximum absolute atomic E-state index is 12.4. The molecule has 1 saturated heterocycles. The van der Waals surface area contributed by atoms with Crippen molar-refractivity contribution in [2.24, 2.45) is 0 Å². The highest BCUT2D eigenvalue weighted by Gasteiger charge is 2.20. The number of hydrogen-bond acceptors (Lipinski definition) is 7. The van der Waals surface area contributed by atoms with E-state index in [1.807, 2.05) is 63.4 Å². The maximum Gasteiger partial charge on any atom is 0.324 e. The standard InChI is InChI=1S/C27H33N7O3/c1-27(2,3)22-18-23(32-37-22)29-26(35)28-20-9-7-19(8-10-20)21-17-24-30-25(11-14-34(24)31-21)36-16-15-33-12-5-4-6-13-33/h7-11,14,17-18H,4-6,12-13,15-16H2,1-3H3,(H2,28,29,32,35). The Balaban J connectivity index is 1.17. The predicted molar refractivity (Wildman–Crippen MR) is 142 cm³/mol. The van der Waals surface area contributed by atoms with Crippen molar-refractivity contribution in [3.05, 3.63) is 54.4 Å². The van der Waals surface area contributed by atoms with Crippen LogP contribution in [0.2, 0.25) is 0 Å². The fourth-order valence-corrected chi connectivity index (χ4v) is 4.24. The van der Waals surface area contributed by atoms with Gasteiger partial charge in [-0.1, -0.05) is 44.5 Å². The fraction of sp³-hybridized carbons (Fsp3) is 0.407. The monoisotopic (exact) mass is 503 g/mol. The van der Waals surface area contributed by atoms with Gasteiger partial charge in [0.25, 0.3) is 0 Å². The van der Waals surface area contributed by atoms with E-state index in [0.717, 1.165) is 30.9 Å². The lowest BCUT2D eigenvalue weighted by Gasteiger charge is -2.25. The van der Waals surface area contributed by atoms with Gasteiger partial charge in [-0.05, 0) is 38.1 Å². The van der Waals surface area contributed by atoms with Gasteiger partial charge in [0.2, 0.25) is 5.88 Å². The third-order valence-electron chi connectivity index (χ3n) is 6.33. The number of amides is 2. The molecule has 2 N–H and O–H groups in total. The van der Waals surface area contributed by atoms with Gasteiger partial charge >= 0.3 is 6.03 Å². The SMILES string of the molecule is CC(C)(C)c1cc(NC(=O)Nc2ccc(-c3cc4nc(OCCN5CCCCC5)ccn4n3)cc2)no1. The largest absolute Gasteiger partial charge is 0.476 e. The highest BCUT2D eigenvalue weighted by atomic mass is 16.5. The molecule has 0 unspecified atom stereocenters. The number of urea groups is 1. The molecule has 0 aliphatic carbocycles.